The van der Waals surface area contributed by atoms with Crippen LogP contribution in [0.2, 0.25) is 0 Å². The number of aromatic nitrogens is 1. The lowest BCUT2D eigenvalue weighted by molar-refractivity contribution is 0.0592. The lowest BCUT2D eigenvalue weighted by atomic mass is 10.2. The number of methoxy groups -OCH3 is 1. The van der Waals surface area contributed by atoms with Crippen molar-refractivity contribution in [3.05, 3.63) is 44.8 Å². The topological polar surface area (TPSA) is 118 Å². The molecule has 0 aliphatic carbocycles. The molecule has 1 heterocycles. The fourth-order valence-electron chi connectivity index (χ4n) is 1.94. The number of nitrogens with two attached hydrogens (primary N) is 1. The molecule has 0 spiro atoms. The first-order chi connectivity index (χ1) is 10.4. The van der Waals surface area contributed by atoms with Gasteiger partial charge in [-0.2, -0.15) is 5.26 Å². The molecule has 112 valence electrons. The van der Waals surface area contributed by atoms with Crippen LogP contribution in [0.25, 0.3) is 5.69 Å². The number of benzene rings is 1. The van der Waals surface area contributed by atoms with Gasteiger partial charge in [-0.1, -0.05) is 0 Å². The average molecular weight is 411 g/mol. The van der Waals surface area contributed by atoms with E-state index in [1.165, 1.54) is 36.1 Å². The number of rotatable bonds is 3. The van der Waals surface area contributed by atoms with Crippen LogP contribution in [0.4, 0.5) is 5.69 Å². The SMILES string of the molecule is COC(=O)c1c(N)c(C#N)cn1-c1ccc(C(=O)O)cc1I. The fourth-order valence-corrected chi connectivity index (χ4v) is 2.72. The number of hydrogen-bond acceptors (Lipinski definition) is 5. The van der Waals surface area contributed by atoms with Gasteiger partial charge in [0.1, 0.15) is 6.07 Å². The lowest BCUT2D eigenvalue weighted by Crippen LogP contribution is -2.12. The van der Waals surface area contributed by atoms with Crippen LogP contribution in [-0.2, 0) is 4.74 Å². The average Bonchev–Trinajstić information content (AvgIpc) is 2.82. The number of carbonyl (C=O) groups excluding carboxylic acids is 1. The van der Waals surface area contributed by atoms with Gasteiger partial charge in [-0.3, -0.25) is 0 Å². The molecular formula is C14H10IN3O4. The molecule has 0 aliphatic heterocycles. The molecule has 7 nitrogen and oxygen atoms in total. The molecule has 22 heavy (non-hydrogen) atoms. The summed E-state index contributed by atoms with van der Waals surface area (Å²) in [5.41, 5.74) is 6.65. The standard InChI is InChI=1S/C14H10IN3O4/c1-22-14(21)12-11(17)8(5-16)6-18(12)10-3-2-7(13(19)20)4-9(10)15/h2-4,6H,17H2,1H3,(H,19,20). The van der Waals surface area contributed by atoms with Crippen LogP contribution in [0.5, 0.6) is 0 Å². The van der Waals surface area contributed by atoms with Crippen molar-refractivity contribution < 1.29 is 19.4 Å². The number of nitrogens with zero attached hydrogens (tertiary/aromatic N) is 2. The fraction of sp³-hybridized carbons (Fsp3) is 0.0714. The largest absolute Gasteiger partial charge is 0.478 e. The van der Waals surface area contributed by atoms with Crippen molar-refractivity contribution in [3.8, 4) is 11.8 Å². The summed E-state index contributed by atoms with van der Waals surface area (Å²) in [5, 5.41) is 18.1. The minimum Gasteiger partial charge on any atom is -0.478 e. The molecule has 8 heteroatoms. The van der Waals surface area contributed by atoms with E-state index in [4.69, 9.17) is 20.8 Å². The second-order valence-corrected chi connectivity index (χ2v) is 5.41. The molecule has 0 radical (unpaired) electrons. The Labute approximate surface area is 139 Å². The number of carboxylic acids is 1. The number of nitrogen functional groups attached to an aromatic ring is 1. The molecule has 2 rings (SSSR count). The summed E-state index contributed by atoms with van der Waals surface area (Å²) in [6, 6.07) is 6.31. The van der Waals surface area contributed by atoms with E-state index >= 15 is 0 Å². The molecule has 0 saturated carbocycles. The zero-order valence-corrected chi connectivity index (χ0v) is 13.5. The van der Waals surface area contributed by atoms with Gasteiger partial charge < -0.3 is 20.1 Å². The molecule has 0 amide bonds. The van der Waals surface area contributed by atoms with Crippen LogP contribution in [0.15, 0.2) is 24.4 Å². The zero-order chi connectivity index (χ0) is 16.4. The Morgan fingerprint density at radius 3 is 2.64 bits per heavy atom. The summed E-state index contributed by atoms with van der Waals surface area (Å²) in [6.45, 7) is 0. The van der Waals surface area contributed by atoms with Gasteiger partial charge in [-0.25, -0.2) is 9.59 Å². The van der Waals surface area contributed by atoms with Crippen LogP contribution in [0, 0.1) is 14.9 Å². The Morgan fingerprint density at radius 1 is 1.45 bits per heavy atom. The molecule has 3 N–H and O–H groups in total. The number of halogens is 1. The summed E-state index contributed by atoms with van der Waals surface area (Å²) in [7, 11) is 1.21. The number of anilines is 1. The Bertz CT molecular complexity index is 820. The minimum absolute atomic E-state index is 0.0208. The molecule has 0 aliphatic rings. The van der Waals surface area contributed by atoms with Crippen LogP contribution in [0.1, 0.15) is 26.4 Å². The van der Waals surface area contributed by atoms with Gasteiger partial charge in [-0.15, -0.1) is 0 Å². The predicted octanol–water partition coefficient (Wildman–Crippen LogP) is 2.02. The zero-order valence-electron chi connectivity index (χ0n) is 11.3. The van der Waals surface area contributed by atoms with Gasteiger partial charge in [0, 0.05) is 9.77 Å². The van der Waals surface area contributed by atoms with E-state index in [1.807, 2.05) is 28.7 Å². The quantitative estimate of drug-likeness (QED) is 0.590. The lowest BCUT2D eigenvalue weighted by Gasteiger charge is -2.11. The molecule has 0 unspecified atom stereocenters. The summed E-state index contributed by atoms with van der Waals surface area (Å²) in [4.78, 5) is 22.9. The molecule has 0 bridgehead atoms. The highest BCUT2D eigenvalue weighted by Crippen LogP contribution is 2.27. The summed E-state index contributed by atoms with van der Waals surface area (Å²) >= 11 is 1.95. The number of carboxylic acid groups (broad SMARTS) is 1. The van der Waals surface area contributed by atoms with Gasteiger partial charge in [0.05, 0.1) is 29.6 Å². The molecular weight excluding hydrogens is 401 g/mol. The molecule has 1 aromatic heterocycles. The second-order valence-electron chi connectivity index (χ2n) is 4.25. The molecule has 0 atom stereocenters. The molecule has 0 fully saturated rings. The number of hydrogen-bond donors (Lipinski definition) is 2. The van der Waals surface area contributed by atoms with Crippen molar-refractivity contribution in [2.24, 2.45) is 0 Å². The third kappa shape index (κ3) is 2.62. The van der Waals surface area contributed by atoms with Crippen LogP contribution < -0.4 is 5.73 Å². The summed E-state index contributed by atoms with van der Waals surface area (Å²) in [6.07, 6.45) is 1.42. The predicted molar refractivity (Wildman–Crippen MR) is 85.9 cm³/mol. The second kappa shape index (κ2) is 6.07. The Balaban J connectivity index is 2.70. The highest BCUT2D eigenvalue weighted by molar-refractivity contribution is 14.1. The first-order valence-corrected chi connectivity index (χ1v) is 7.01. The van der Waals surface area contributed by atoms with Crippen molar-refractivity contribution in [1.29, 1.82) is 5.26 Å². The number of carbonyl (C=O) groups is 2. The van der Waals surface area contributed by atoms with Crippen molar-refractivity contribution in [1.82, 2.24) is 4.57 Å². The number of ether oxygens (including phenoxy) is 1. The first kappa shape index (κ1) is 15.8. The van der Waals surface area contributed by atoms with Gasteiger partial charge in [0.15, 0.2) is 5.69 Å². The van der Waals surface area contributed by atoms with E-state index in [-0.39, 0.29) is 22.5 Å². The van der Waals surface area contributed by atoms with Gasteiger partial charge in [-0.05, 0) is 40.8 Å². The molecule has 2 aromatic rings. The maximum atomic E-state index is 11.9. The normalized spacial score (nSPS) is 10.0. The first-order valence-electron chi connectivity index (χ1n) is 5.93. The minimum atomic E-state index is -1.05. The van der Waals surface area contributed by atoms with Crippen LogP contribution >= 0.6 is 22.6 Å². The van der Waals surface area contributed by atoms with Gasteiger partial charge >= 0.3 is 11.9 Å². The Hall–Kier alpha value is -2.54. The number of nitriles is 1. The van der Waals surface area contributed by atoms with E-state index in [1.54, 1.807) is 0 Å². The van der Waals surface area contributed by atoms with Crippen LogP contribution in [-0.4, -0.2) is 28.7 Å². The Morgan fingerprint density at radius 2 is 2.14 bits per heavy atom. The van der Waals surface area contributed by atoms with Gasteiger partial charge in [0.25, 0.3) is 0 Å². The van der Waals surface area contributed by atoms with Crippen LogP contribution in [0.3, 0.4) is 0 Å². The monoisotopic (exact) mass is 411 g/mol. The molecule has 1 aromatic carbocycles. The van der Waals surface area contributed by atoms with Crippen molar-refractivity contribution in [2.75, 3.05) is 12.8 Å². The maximum Gasteiger partial charge on any atom is 0.357 e. The van der Waals surface area contributed by atoms with E-state index in [2.05, 4.69) is 0 Å². The van der Waals surface area contributed by atoms with Crippen molar-refractivity contribution >= 4 is 40.2 Å². The van der Waals surface area contributed by atoms with E-state index in [9.17, 15) is 9.59 Å². The number of esters is 1. The Kier molecular flexibility index (Phi) is 4.37. The molecule has 0 saturated heterocycles. The van der Waals surface area contributed by atoms with E-state index in [0.717, 1.165) is 0 Å². The summed E-state index contributed by atoms with van der Waals surface area (Å²) < 4.78 is 6.70. The van der Waals surface area contributed by atoms with E-state index in [0.29, 0.717) is 9.26 Å². The maximum absolute atomic E-state index is 11.9. The third-order valence-electron chi connectivity index (χ3n) is 3.00. The third-order valence-corrected chi connectivity index (χ3v) is 3.86. The van der Waals surface area contributed by atoms with Crippen molar-refractivity contribution in [3.63, 3.8) is 0 Å². The van der Waals surface area contributed by atoms with Gasteiger partial charge in [0.2, 0.25) is 0 Å². The van der Waals surface area contributed by atoms with E-state index < -0.39 is 11.9 Å². The summed E-state index contributed by atoms with van der Waals surface area (Å²) in [5.74, 6) is -1.74. The highest BCUT2D eigenvalue weighted by atomic mass is 127. The smallest absolute Gasteiger partial charge is 0.357 e. The van der Waals surface area contributed by atoms with Crippen molar-refractivity contribution in [2.45, 2.75) is 0 Å². The highest BCUT2D eigenvalue weighted by Gasteiger charge is 2.23. The number of aromatic carboxylic acids is 1.